The van der Waals surface area contributed by atoms with Crippen molar-refractivity contribution in [3.05, 3.63) is 23.3 Å². The molecule has 1 aromatic carbocycles. The van der Waals surface area contributed by atoms with Crippen molar-refractivity contribution in [3.8, 4) is 11.5 Å². The van der Waals surface area contributed by atoms with E-state index in [1.54, 1.807) is 0 Å². The smallest absolute Gasteiger partial charge is 0.231 e. The quantitative estimate of drug-likeness (QED) is 0.732. The van der Waals surface area contributed by atoms with Crippen LogP contribution in [0.15, 0.2) is 12.1 Å². The Morgan fingerprint density at radius 1 is 1.31 bits per heavy atom. The van der Waals surface area contributed by atoms with Crippen LogP contribution in [-0.4, -0.2) is 13.1 Å². The van der Waals surface area contributed by atoms with Crippen molar-refractivity contribution in [2.75, 3.05) is 6.79 Å². The summed E-state index contributed by atoms with van der Waals surface area (Å²) >= 11 is 0. The third-order valence-electron chi connectivity index (χ3n) is 2.79. The van der Waals surface area contributed by atoms with Crippen LogP contribution in [0.1, 0.15) is 37.3 Å². The van der Waals surface area contributed by atoms with Gasteiger partial charge in [0, 0.05) is 6.42 Å². The lowest BCUT2D eigenvalue weighted by Gasteiger charge is -2.13. The van der Waals surface area contributed by atoms with Crippen molar-refractivity contribution in [3.63, 3.8) is 0 Å². The first-order valence-corrected chi connectivity index (χ1v) is 5.58. The second-order valence-electron chi connectivity index (χ2n) is 4.26. The monoisotopic (exact) mass is 220 g/mol. The second kappa shape index (κ2) is 4.56. The lowest BCUT2D eigenvalue weighted by molar-refractivity contribution is -0.107. The Morgan fingerprint density at radius 3 is 2.62 bits per heavy atom. The number of rotatable bonds is 4. The van der Waals surface area contributed by atoms with Crippen LogP contribution in [0.2, 0.25) is 0 Å². The molecule has 0 aliphatic carbocycles. The van der Waals surface area contributed by atoms with E-state index in [0.29, 0.717) is 19.1 Å². The van der Waals surface area contributed by atoms with E-state index < -0.39 is 0 Å². The highest BCUT2D eigenvalue weighted by atomic mass is 16.7. The zero-order valence-electron chi connectivity index (χ0n) is 9.66. The van der Waals surface area contributed by atoms with Crippen LogP contribution in [0.3, 0.4) is 0 Å². The number of ether oxygens (including phenoxy) is 2. The molecule has 0 spiro atoms. The molecular weight excluding hydrogens is 204 g/mol. The molecule has 1 heterocycles. The Kier molecular flexibility index (Phi) is 3.13. The van der Waals surface area contributed by atoms with Crippen LogP contribution < -0.4 is 9.47 Å². The Balaban J connectivity index is 2.36. The van der Waals surface area contributed by atoms with Crippen LogP contribution in [0.5, 0.6) is 11.5 Å². The molecule has 1 aliphatic heterocycles. The highest BCUT2D eigenvalue weighted by molar-refractivity contribution is 5.53. The predicted octanol–water partition coefficient (Wildman–Crippen LogP) is 2.67. The first-order valence-electron chi connectivity index (χ1n) is 5.58. The molecule has 0 amide bonds. The summed E-state index contributed by atoms with van der Waals surface area (Å²) in [7, 11) is 0. The van der Waals surface area contributed by atoms with Crippen molar-refractivity contribution in [2.24, 2.45) is 0 Å². The summed E-state index contributed by atoms with van der Waals surface area (Å²) in [6.45, 7) is 4.58. The highest BCUT2D eigenvalue weighted by Crippen LogP contribution is 2.37. The van der Waals surface area contributed by atoms with Crippen LogP contribution in [0.25, 0.3) is 0 Å². The van der Waals surface area contributed by atoms with Gasteiger partial charge in [-0.25, -0.2) is 0 Å². The largest absolute Gasteiger partial charge is 0.454 e. The van der Waals surface area contributed by atoms with Crippen LogP contribution in [-0.2, 0) is 11.2 Å². The van der Waals surface area contributed by atoms with E-state index in [2.05, 4.69) is 13.8 Å². The van der Waals surface area contributed by atoms with E-state index in [-0.39, 0.29) is 0 Å². The van der Waals surface area contributed by atoms with Crippen molar-refractivity contribution < 1.29 is 14.3 Å². The fraction of sp³-hybridized carbons (Fsp3) is 0.462. The number of carbonyl (C=O) groups is 1. The van der Waals surface area contributed by atoms with Gasteiger partial charge in [-0.05, 0) is 35.6 Å². The van der Waals surface area contributed by atoms with Crippen LogP contribution in [0.4, 0.5) is 0 Å². The van der Waals surface area contributed by atoms with E-state index in [1.165, 1.54) is 11.1 Å². The maximum Gasteiger partial charge on any atom is 0.231 e. The van der Waals surface area contributed by atoms with Crippen molar-refractivity contribution in [1.82, 2.24) is 0 Å². The SMILES string of the molecule is CC(C)c1cc2c(cc1CCC=O)OCO2. The van der Waals surface area contributed by atoms with Gasteiger partial charge in [0.1, 0.15) is 6.29 Å². The van der Waals surface area contributed by atoms with Gasteiger partial charge in [-0.3, -0.25) is 0 Å². The molecule has 0 aromatic heterocycles. The average molecular weight is 220 g/mol. The minimum absolute atomic E-state index is 0.296. The van der Waals surface area contributed by atoms with Gasteiger partial charge in [-0.2, -0.15) is 0 Å². The minimum atomic E-state index is 0.296. The molecule has 3 nitrogen and oxygen atoms in total. The maximum absolute atomic E-state index is 10.4. The van der Waals surface area contributed by atoms with Gasteiger partial charge in [-0.1, -0.05) is 13.8 Å². The molecule has 1 aromatic rings. The molecule has 0 saturated heterocycles. The van der Waals surface area contributed by atoms with Gasteiger partial charge < -0.3 is 14.3 Å². The van der Waals surface area contributed by atoms with Gasteiger partial charge in [-0.15, -0.1) is 0 Å². The number of aryl methyl sites for hydroxylation is 1. The van der Waals surface area contributed by atoms with Gasteiger partial charge in [0.25, 0.3) is 0 Å². The van der Waals surface area contributed by atoms with E-state index >= 15 is 0 Å². The normalized spacial score (nSPS) is 13.2. The summed E-state index contributed by atoms with van der Waals surface area (Å²) in [5.41, 5.74) is 2.43. The number of hydrogen-bond donors (Lipinski definition) is 0. The topological polar surface area (TPSA) is 35.5 Å². The number of aldehydes is 1. The Morgan fingerprint density at radius 2 is 2.00 bits per heavy atom. The Bertz CT molecular complexity index is 396. The van der Waals surface area contributed by atoms with Gasteiger partial charge in [0.15, 0.2) is 11.5 Å². The third kappa shape index (κ3) is 2.03. The van der Waals surface area contributed by atoms with Crippen LogP contribution in [0, 0.1) is 0 Å². The molecule has 0 radical (unpaired) electrons. The zero-order valence-corrected chi connectivity index (χ0v) is 9.66. The van der Waals surface area contributed by atoms with Crippen molar-refractivity contribution >= 4 is 6.29 Å². The molecule has 0 saturated carbocycles. The van der Waals surface area contributed by atoms with Crippen molar-refractivity contribution in [2.45, 2.75) is 32.6 Å². The molecule has 0 fully saturated rings. The molecule has 3 heteroatoms. The molecule has 0 atom stereocenters. The molecule has 16 heavy (non-hydrogen) atoms. The molecular formula is C13H16O3. The summed E-state index contributed by atoms with van der Waals surface area (Å²) in [5.74, 6) is 2.04. The highest BCUT2D eigenvalue weighted by Gasteiger charge is 2.18. The Labute approximate surface area is 95.4 Å². The standard InChI is InChI=1S/C13H16O3/c1-9(2)11-7-13-12(15-8-16-13)6-10(11)4-3-5-14/h5-7,9H,3-4,8H2,1-2H3. The number of benzene rings is 1. The fourth-order valence-corrected chi connectivity index (χ4v) is 1.97. The van der Waals surface area contributed by atoms with E-state index in [9.17, 15) is 4.79 Å². The summed E-state index contributed by atoms with van der Waals surface area (Å²) in [5, 5.41) is 0. The third-order valence-corrected chi connectivity index (χ3v) is 2.79. The Hall–Kier alpha value is -1.51. The second-order valence-corrected chi connectivity index (χ2v) is 4.26. The van der Waals surface area contributed by atoms with Crippen molar-refractivity contribution in [1.29, 1.82) is 0 Å². The molecule has 86 valence electrons. The minimum Gasteiger partial charge on any atom is -0.454 e. The lowest BCUT2D eigenvalue weighted by Crippen LogP contribution is -1.97. The van der Waals surface area contributed by atoms with E-state index in [4.69, 9.17) is 9.47 Å². The lowest BCUT2D eigenvalue weighted by atomic mass is 9.94. The zero-order chi connectivity index (χ0) is 11.5. The predicted molar refractivity (Wildman–Crippen MR) is 61.0 cm³/mol. The number of hydrogen-bond acceptors (Lipinski definition) is 3. The first-order chi connectivity index (χ1) is 7.72. The first kappa shape index (κ1) is 11.0. The number of fused-ring (bicyclic) bond motifs is 1. The molecule has 0 N–H and O–H groups in total. The fourth-order valence-electron chi connectivity index (χ4n) is 1.97. The molecule has 2 rings (SSSR count). The van der Waals surface area contributed by atoms with Gasteiger partial charge >= 0.3 is 0 Å². The molecule has 1 aliphatic rings. The van der Waals surface area contributed by atoms with E-state index in [1.807, 2.05) is 12.1 Å². The van der Waals surface area contributed by atoms with Gasteiger partial charge in [0.2, 0.25) is 6.79 Å². The average Bonchev–Trinajstić information content (AvgIpc) is 2.71. The van der Waals surface area contributed by atoms with E-state index in [0.717, 1.165) is 24.2 Å². The van der Waals surface area contributed by atoms with Crippen LogP contribution >= 0.6 is 0 Å². The summed E-state index contributed by atoms with van der Waals surface area (Å²) in [6, 6.07) is 4.04. The summed E-state index contributed by atoms with van der Waals surface area (Å²) < 4.78 is 10.7. The summed E-state index contributed by atoms with van der Waals surface area (Å²) in [6.07, 6.45) is 2.28. The summed E-state index contributed by atoms with van der Waals surface area (Å²) in [4.78, 5) is 10.4. The molecule has 0 bridgehead atoms. The maximum atomic E-state index is 10.4. The van der Waals surface area contributed by atoms with Gasteiger partial charge in [0.05, 0.1) is 0 Å². The number of carbonyl (C=O) groups excluding carboxylic acids is 1. The molecule has 0 unspecified atom stereocenters.